The molecule has 0 N–H and O–H groups in total. The second-order valence-corrected chi connectivity index (χ2v) is 4.92. The molecule has 1 rings (SSSR count). The molecule has 19 heavy (non-hydrogen) atoms. The summed E-state index contributed by atoms with van der Waals surface area (Å²) in [6, 6.07) is 3.69. The average molecular weight is 263 g/mol. The molecule has 0 aliphatic rings. The van der Waals surface area contributed by atoms with Gasteiger partial charge in [-0.3, -0.25) is 4.79 Å². The smallest absolute Gasteiger partial charge is 0.172 e. The molecule has 3 nitrogen and oxygen atoms in total. The van der Waals surface area contributed by atoms with Gasteiger partial charge in [0.25, 0.3) is 0 Å². The Bertz CT molecular complexity index is 377. The molecule has 1 aromatic rings. The number of nitrogens with zero attached hydrogens (tertiary/aromatic N) is 1. The van der Waals surface area contributed by atoms with Gasteiger partial charge in [-0.25, -0.2) is 4.98 Å². The molecule has 0 amide bonds. The van der Waals surface area contributed by atoms with E-state index in [4.69, 9.17) is 4.74 Å². The fourth-order valence-electron chi connectivity index (χ4n) is 2.01. The van der Waals surface area contributed by atoms with Gasteiger partial charge in [-0.1, -0.05) is 45.4 Å². The largest absolute Gasteiger partial charge is 0.491 e. The molecule has 0 aliphatic carbocycles. The molecular formula is C16H25NO2. The number of hydrogen-bond donors (Lipinski definition) is 0. The summed E-state index contributed by atoms with van der Waals surface area (Å²) in [7, 11) is 0. The molecule has 0 atom stereocenters. The van der Waals surface area contributed by atoms with E-state index in [1.165, 1.54) is 38.5 Å². The number of pyridine rings is 1. The van der Waals surface area contributed by atoms with Crippen molar-refractivity contribution in [3.63, 3.8) is 0 Å². The van der Waals surface area contributed by atoms with Crippen molar-refractivity contribution >= 4 is 6.29 Å². The molecular weight excluding hydrogens is 238 g/mol. The maximum absolute atomic E-state index is 10.9. The summed E-state index contributed by atoms with van der Waals surface area (Å²) in [5.74, 6) is 0.603. The van der Waals surface area contributed by atoms with E-state index in [0.29, 0.717) is 18.1 Å². The zero-order valence-corrected chi connectivity index (χ0v) is 12.2. The molecule has 0 radical (unpaired) electrons. The van der Waals surface area contributed by atoms with Crippen LogP contribution in [0.1, 0.15) is 68.1 Å². The molecule has 0 aliphatic heterocycles. The molecule has 0 aromatic carbocycles. The number of carbonyl (C=O) groups is 1. The van der Waals surface area contributed by atoms with Crippen LogP contribution in [0.25, 0.3) is 0 Å². The third-order valence-corrected chi connectivity index (χ3v) is 3.14. The van der Waals surface area contributed by atoms with Gasteiger partial charge in [0.05, 0.1) is 6.61 Å². The fourth-order valence-corrected chi connectivity index (χ4v) is 2.01. The van der Waals surface area contributed by atoms with Crippen LogP contribution >= 0.6 is 0 Å². The minimum atomic E-state index is 0.406. The summed E-state index contributed by atoms with van der Waals surface area (Å²) in [6.45, 7) is 4.76. The standard InChI is InChI=1S/C16H25NO2/c1-3-4-5-6-7-8-9-12-19-16-11-10-14(2)17-15(16)13-18/h10-11,13H,3-9,12H2,1-2H3. The van der Waals surface area contributed by atoms with Gasteiger partial charge >= 0.3 is 0 Å². The number of ether oxygens (including phenoxy) is 1. The summed E-state index contributed by atoms with van der Waals surface area (Å²) in [4.78, 5) is 15.0. The number of unbranched alkanes of at least 4 members (excludes halogenated alkanes) is 6. The summed E-state index contributed by atoms with van der Waals surface area (Å²) in [6.07, 6.45) is 9.56. The summed E-state index contributed by atoms with van der Waals surface area (Å²) < 4.78 is 5.62. The predicted molar refractivity (Wildman–Crippen MR) is 77.8 cm³/mol. The third-order valence-electron chi connectivity index (χ3n) is 3.14. The van der Waals surface area contributed by atoms with Crippen LogP contribution in [-0.2, 0) is 0 Å². The molecule has 106 valence electrons. The van der Waals surface area contributed by atoms with Gasteiger partial charge in [-0.15, -0.1) is 0 Å². The molecule has 0 bridgehead atoms. The van der Waals surface area contributed by atoms with Gasteiger partial charge in [0.15, 0.2) is 6.29 Å². The molecule has 0 spiro atoms. The lowest BCUT2D eigenvalue weighted by Crippen LogP contribution is -2.02. The molecule has 0 saturated heterocycles. The minimum Gasteiger partial charge on any atom is -0.491 e. The van der Waals surface area contributed by atoms with E-state index in [-0.39, 0.29) is 0 Å². The monoisotopic (exact) mass is 263 g/mol. The van der Waals surface area contributed by atoms with Gasteiger partial charge in [0.1, 0.15) is 11.4 Å². The Kier molecular flexibility index (Phi) is 7.87. The molecule has 0 saturated carbocycles. The quantitative estimate of drug-likeness (QED) is 0.466. The van der Waals surface area contributed by atoms with Crippen LogP contribution in [0.4, 0.5) is 0 Å². The van der Waals surface area contributed by atoms with Crippen molar-refractivity contribution < 1.29 is 9.53 Å². The first kappa shape index (κ1) is 15.7. The number of aryl methyl sites for hydroxylation is 1. The van der Waals surface area contributed by atoms with Crippen LogP contribution < -0.4 is 4.74 Å². The van der Waals surface area contributed by atoms with Crippen LogP contribution in [0.2, 0.25) is 0 Å². The number of aromatic nitrogens is 1. The van der Waals surface area contributed by atoms with E-state index >= 15 is 0 Å². The maximum atomic E-state index is 10.9. The summed E-state index contributed by atoms with van der Waals surface area (Å²) in [5.41, 5.74) is 1.24. The lowest BCUT2D eigenvalue weighted by atomic mass is 10.1. The van der Waals surface area contributed by atoms with Crippen LogP contribution in [0.15, 0.2) is 12.1 Å². The highest BCUT2D eigenvalue weighted by atomic mass is 16.5. The molecule has 0 unspecified atom stereocenters. The Morgan fingerprint density at radius 2 is 1.79 bits per heavy atom. The number of carbonyl (C=O) groups excluding carboxylic acids is 1. The zero-order chi connectivity index (χ0) is 13.9. The number of rotatable bonds is 10. The van der Waals surface area contributed by atoms with E-state index in [1.807, 2.05) is 19.1 Å². The third kappa shape index (κ3) is 6.37. The Labute approximate surface area is 116 Å². The molecule has 3 heteroatoms. The van der Waals surface area contributed by atoms with E-state index in [1.54, 1.807) is 0 Å². The molecule has 1 aromatic heterocycles. The van der Waals surface area contributed by atoms with Crippen molar-refractivity contribution in [2.75, 3.05) is 6.61 Å². The SMILES string of the molecule is CCCCCCCCCOc1ccc(C)nc1C=O. The van der Waals surface area contributed by atoms with Crippen molar-refractivity contribution in [1.82, 2.24) is 4.98 Å². The van der Waals surface area contributed by atoms with Crippen LogP contribution in [0.3, 0.4) is 0 Å². The van der Waals surface area contributed by atoms with Crippen molar-refractivity contribution in [3.8, 4) is 5.75 Å². The lowest BCUT2D eigenvalue weighted by molar-refractivity contribution is 0.111. The maximum Gasteiger partial charge on any atom is 0.172 e. The predicted octanol–water partition coefficient (Wildman–Crippen LogP) is 4.33. The second kappa shape index (κ2) is 9.54. The van der Waals surface area contributed by atoms with E-state index < -0.39 is 0 Å². The highest BCUT2D eigenvalue weighted by molar-refractivity contribution is 5.76. The van der Waals surface area contributed by atoms with Gasteiger partial charge < -0.3 is 4.74 Å². The zero-order valence-electron chi connectivity index (χ0n) is 12.2. The van der Waals surface area contributed by atoms with Gasteiger partial charge in [0.2, 0.25) is 0 Å². The fraction of sp³-hybridized carbons (Fsp3) is 0.625. The first-order valence-electron chi connectivity index (χ1n) is 7.33. The van der Waals surface area contributed by atoms with Crippen molar-refractivity contribution in [3.05, 3.63) is 23.5 Å². The van der Waals surface area contributed by atoms with Crippen LogP contribution in [0, 0.1) is 6.92 Å². The average Bonchev–Trinajstić information content (AvgIpc) is 2.43. The Morgan fingerprint density at radius 3 is 2.47 bits per heavy atom. The Hall–Kier alpha value is -1.38. The van der Waals surface area contributed by atoms with Crippen molar-refractivity contribution in [2.24, 2.45) is 0 Å². The van der Waals surface area contributed by atoms with Gasteiger partial charge in [0, 0.05) is 5.69 Å². The van der Waals surface area contributed by atoms with Crippen LogP contribution in [-0.4, -0.2) is 17.9 Å². The first-order valence-corrected chi connectivity index (χ1v) is 7.33. The van der Waals surface area contributed by atoms with E-state index in [0.717, 1.165) is 18.4 Å². The molecule has 1 heterocycles. The highest BCUT2D eigenvalue weighted by Gasteiger charge is 2.04. The first-order chi connectivity index (χ1) is 9.27. The van der Waals surface area contributed by atoms with Gasteiger partial charge in [-0.05, 0) is 25.5 Å². The minimum absolute atomic E-state index is 0.406. The van der Waals surface area contributed by atoms with Crippen molar-refractivity contribution in [1.29, 1.82) is 0 Å². The Balaban J connectivity index is 2.17. The number of hydrogen-bond acceptors (Lipinski definition) is 3. The summed E-state index contributed by atoms with van der Waals surface area (Å²) >= 11 is 0. The van der Waals surface area contributed by atoms with Gasteiger partial charge in [-0.2, -0.15) is 0 Å². The van der Waals surface area contributed by atoms with E-state index in [9.17, 15) is 4.79 Å². The van der Waals surface area contributed by atoms with Crippen LogP contribution in [0.5, 0.6) is 5.75 Å². The van der Waals surface area contributed by atoms with E-state index in [2.05, 4.69) is 11.9 Å². The topological polar surface area (TPSA) is 39.2 Å². The van der Waals surface area contributed by atoms with Crippen molar-refractivity contribution in [2.45, 2.75) is 58.8 Å². The highest BCUT2D eigenvalue weighted by Crippen LogP contribution is 2.15. The Morgan fingerprint density at radius 1 is 1.11 bits per heavy atom. The normalized spacial score (nSPS) is 10.4. The summed E-state index contributed by atoms with van der Waals surface area (Å²) in [5, 5.41) is 0. The second-order valence-electron chi connectivity index (χ2n) is 4.92. The molecule has 0 fully saturated rings. The number of aldehydes is 1. The lowest BCUT2D eigenvalue weighted by Gasteiger charge is -2.08.